The molecule has 0 aliphatic heterocycles. The maximum Gasteiger partial charge on any atom is 0.270 e. The maximum absolute atomic E-state index is 12.2. The highest BCUT2D eigenvalue weighted by Crippen LogP contribution is 2.23. The molecule has 3 rings (SSSR count). The molecule has 0 bridgehead atoms. The average molecular weight is 319 g/mol. The van der Waals surface area contributed by atoms with Gasteiger partial charge in [-0.3, -0.25) is 9.78 Å². The van der Waals surface area contributed by atoms with Crippen molar-refractivity contribution in [2.24, 2.45) is 0 Å². The van der Waals surface area contributed by atoms with Crippen LogP contribution in [-0.4, -0.2) is 10.9 Å². The molecular formula is C19H17N3O2. The number of nitrogen functional groups attached to an aromatic ring is 1. The predicted octanol–water partition coefficient (Wildman–Crippen LogP) is 3.39. The molecule has 1 heterocycles. The fraction of sp³-hybridized carbons (Fsp3) is 0.0526. The Morgan fingerprint density at radius 1 is 1.00 bits per heavy atom. The minimum absolute atomic E-state index is 0.253. The summed E-state index contributed by atoms with van der Waals surface area (Å²) in [5, 5.41) is 2.84. The van der Waals surface area contributed by atoms with Crippen LogP contribution in [0, 0.1) is 0 Å². The third-order valence-corrected chi connectivity index (χ3v) is 3.35. The summed E-state index contributed by atoms with van der Waals surface area (Å²) in [6.07, 6.45) is 1.54. The van der Waals surface area contributed by atoms with Crippen molar-refractivity contribution in [3.8, 4) is 11.5 Å². The van der Waals surface area contributed by atoms with Crippen LogP contribution in [0.4, 0.5) is 5.69 Å². The number of pyridine rings is 1. The van der Waals surface area contributed by atoms with Gasteiger partial charge in [-0.25, -0.2) is 0 Å². The van der Waals surface area contributed by atoms with E-state index in [0.717, 1.165) is 5.56 Å². The van der Waals surface area contributed by atoms with Crippen molar-refractivity contribution in [1.29, 1.82) is 0 Å². The van der Waals surface area contributed by atoms with Crippen LogP contribution in [0.1, 0.15) is 16.1 Å². The van der Waals surface area contributed by atoms with E-state index in [9.17, 15) is 4.79 Å². The molecule has 0 saturated carbocycles. The van der Waals surface area contributed by atoms with Crippen LogP contribution in [0.3, 0.4) is 0 Å². The van der Waals surface area contributed by atoms with Crippen LogP contribution in [0.15, 0.2) is 72.9 Å². The number of hydrogen-bond acceptors (Lipinski definition) is 4. The number of anilines is 1. The normalized spacial score (nSPS) is 10.2. The summed E-state index contributed by atoms with van der Waals surface area (Å²) in [5.74, 6) is 0.884. The van der Waals surface area contributed by atoms with Gasteiger partial charge in [-0.1, -0.05) is 36.4 Å². The maximum atomic E-state index is 12.2. The summed E-state index contributed by atoms with van der Waals surface area (Å²) in [7, 11) is 0. The smallest absolute Gasteiger partial charge is 0.270 e. The summed E-state index contributed by atoms with van der Waals surface area (Å²) in [6.45, 7) is 0.446. The van der Waals surface area contributed by atoms with Crippen LogP contribution >= 0.6 is 0 Å². The first kappa shape index (κ1) is 15.6. The van der Waals surface area contributed by atoms with Crippen molar-refractivity contribution in [3.63, 3.8) is 0 Å². The lowest BCUT2D eigenvalue weighted by molar-refractivity contribution is 0.0945. The Bertz CT molecular complexity index is 835. The SMILES string of the molecule is Nc1cccc(Oc2ccnc(C(=O)NCc3ccccc3)c2)c1. The number of ether oxygens (including phenoxy) is 1. The molecule has 0 fully saturated rings. The van der Waals surface area contributed by atoms with E-state index in [4.69, 9.17) is 10.5 Å². The molecular weight excluding hydrogens is 302 g/mol. The third-order valence-electron chi connectivity index (χ3n) is 3.35. The molecule has 5 heteroatoms. The molecule has 0 aliphatic carbocycles. The van der Waals surface area contributed by atoms with Crippen LogP contribution in [-0.2, 0) is 6.54 Å². The van der Waals surface area contributed by atoms with Crippen molar-refractivity contribution in [1.82, 2.24) is 10.3 Å². The number of nitrogens with two attached hydrogens (primary N) is 1. The third kappa shape index (κ3) is 4.10. The highest BCUT2D eigenvalue weighted by atomic mass is 16.5. The minimum Gasteiger partial charge on any atom is -0.457 e. The number of nitrogens with zero attached hydrogens (tertiary/aromatic N) is 1. The molecule has 0 atom stereocenters. The predicted molar refractivity (Wildman–Crippen MR) is 92.8 cm³/mol. The Balaban J connectivity index is 1.67. The molecule has 3 aromatic rings. The zero-order valence-electron chi connectivity index (χ0n) is 13.0. The van der Waals surface area contributed by atoms with Crippen molar-refractivity contribution in [2.75, 3.05) is 5.73 Å². The summed E-state index contributed by atoms with van der Waals surface area (Å²) >= 11 is 0. The van der Waals surface area contributed by atoms with Crippen molar-refractivity contribution in [3.05, 3.63) is 84.2 Å². The molecule has 0 aliphatic rings. The molecule has 24 heavy (non-hydrogen) atoms. The van der Waals surface area contributed by atoms with E-state index >= 15 is 0 Å². The summed E-state index contributed by atoms with van der Waals surface area (Å²) in [6, 6.07) is 20.1. The number of carbonyl (C=O) groups is 1. The minimum atomic E-state index is -0.253. The molecule has 1 aromatic heterocycles. The van der Waals surface area contributed by atoms with Gasteiger partial charge < -0.3 is 15.8 Å². The number of carbonyl (C=O) groups excluding carboxylic acids is 1. The number of hydrogen-bond donors (Lipinski definition) is 2. The fourth-order valence-corrected chi connectivity index (χ4v) is 2.18. The van der Waals surface area contributed by atoms with E-state index in [2.05, 4.69) is 10.3 Å². The highest BCUT2D eigenvalue weighted by molar-refractivity contribution is 5.92. The Labute approximate surface area is 140 Å². The summed E-state index contributed by atoms with van der Waals surface area (Å²) in [5.41, 5.74) is 7.67. The van der Waals surface area contributed by atoms with Gasteiger partial charge in [-0.05, 0) is 23.8 Å². The molecule has 0 radical (unpaired) electrons. The molecule has 1 amide bonds. The van der Waals surface area contributed by atoms with Gasteiger partial charge in [0.2, 0.25) is 0 Å². The number of rotatable bonds is 5. The molecule has 3 N–H and O–H groups in total. The standard InChI is InChI=1S/C19H17N3O2/c20-15-7-4-8-16(11-15)24-17-9-10-21-18(12-17)19(23)22-13-14-5-2-1-3-6-14/h1-12H,13,20H2,(H,22,23). The van der Waals surface area contributed by atoms with Gasteiger partial charge in [0.1, 0.15) is 17.2 Å². The van der Waals surface area contributed by atoms with Crippen LogP contribution in [0.5, 0.6) is 11.5 Å². The van der Waals surface area contributed by atoms with E-state index in [1.807, 2.05) is 30.3 Å². The van der Waals surface area contributed by atoms with Gasteiger partial charge in [-0.2, -0.15) is 0 Å². The Morgan fingerprint density at radius 2 is 1.79 bits per heavy atom. The second-order valence-corrected chi connectivity index (χ2v) is 5.22. The lowest BCUT2D eigenvalue weighted by atomic mass is 10.2. The number of aromatic nitrogens is 1. The number of amides is 1. The first-order chi connectivity index (χ1) is 11.7. The molecule has 5 nitrogen and oxygen atoms in total. The topological polar surface area (TPSA) is 77.2 Å². The van der Waals surface area contributed by atoms with Gasteiger partial charge in [-0.15, -0.1) is 0 Å². The number of benzene rings is 2. The zero-order chi connectivity index (χ0) is 16.8. The van der Waals surface area contributed by atoms with E-state index in [1.54, 1.807) is 42.6 Å². The largest absolute Gasteiger partial charge is 0.457 e. The summed E-state index contributed by atoms with van der Waals surface area (Å²) in [4.78, 5) is 16.3. The van der Waals surface area contributed by atoms with Crippen LogP contribution in [0.2, 0.25) is 0 Å². The molecule has 0 spiro atoms. The van der Waals surface area contributed by atoms with E-state index in [-0.39, 0.29) is 5.91 Å². The fourth-order valence-electron chi connectivity index (χ4n) is 2.18. The average Bonchev–Trinajstić information content (AvgIpc) is 2.61. The molecule has 120 valence electrons. The van der Waals surface area contributed by atoms with Crippen LogP contribution < -0.4 is 15.8 Å². The van der Waals surface area contributed by atoms with Gasteiger partial charge in [0, 0.05) is 30.6 Å². The zero-order valence-corrected chi connectivity index (χ0v) is 13.0. The van der Waals surface area contributed by atoms with E-state index in [0.29, 0.717) is 29.4 Å². The monoisotopic (exact) mass is 319 g/mol. The molecule has 2 aromatic carbocycles. The second-order valence-electron chi connectivity index (χ2n) is 5.22. The van der Waals surface area contributed by atoms with Gasteiger partial charge in [0.25, 0.3) is 5.91 Å². The van der Waals surface area contributed by atoms with Crippen molar-refractivity contribution < 1.29 is 9.53 Å². The first-order valence-corrected chi connectivity index (χ1v) is 7.52. The Kier molecular flexibility index (Phi) is 4.72. The lowest BCUT2D eigenvalue weighted by Gasteiger charge is -2.08. The Morgan fingerprint density at radius 3 is 2.58 bits per heavy atom. The lowest BCUT2D eigenvalue weighted by Crippen LogP contribution is -2.23. The van der Waals surface area contributed by atoms with Crippen molar-refractivity contribution >= 4 is 11.6 Å². The van der Waals surface area contributed by atoms with Crippen molar-refractivity contribution in [2.45, 2.75) is 6.54 Å². The molecule has 0 saturated heterocycles. The molecule has 0 unspecified atom stereocenters. The number of nitrogens with one attached hydrogen (secondary N) is 1. The second kappa shape index (κ2) is 7.28. The first-order valence-electron chi connectivity index (χ1n) is 7.52. The van der Waals surface area contributed by atoms with Gasteiger partial charge >= 0.3 is 0 Å². The quantitative estimate of drug-likeness (QED) is 0.707. The van der Waals surface area contributed by atoms with E-state index < -0.39 is 0 Å². The Hall–Kier alpha value is -3.34. The van der Waals surface area contributed by atoms with E-state index in [1.165, 1.54) is 0 Å². The summed E-state index contributed by atoms with van der Waals surface area (Å²) < 4.78 is 5.71. The highest BCUT2D eigenvalue weighted by Gasteiger charge is 2.09. The van der Waals surface area contributed by atoms with Crippen LogP contribution in [0.25, 0.3) is 0 Å². The van der Waals surface area contributed by atoms with Gasteiger partial charge in [0.05, 0.1) is 0 Å². The van der Waals surface area contributed by atoms with Gasteiger partial charge in [0.15, 0.2) is 0 Å².